The zero-order valence-corrected chi connectivity index (χ0v) is 14.5. The van der Waals surface area contributed by atoms with Crippen molar-refractivity contribution < 1.29 is 4.79 Å². The van der Waals surface area contributed by atoms with Crippen LogP contribution in [0.5, 0.6) is 0 Å². The lowest BCUT2D eigenvalue weighted by atomic mass is 10.1. The van der Waals surface area contributed by atoms with E-state index in [1.807, 2.05) is 62.3 Å². The van der Waals surface area contributed by atoms with Crippen molar-refractivity contribution >= 4 is 28.2 Å². The van der Waals surface area contributed by atoms with Crippen molar-refractivity contribution in [2.24, 2.45) is 0 Å². The summed E-state index contributed by atoms with van der Waals surface area (Å²) >= 11 is 0. The molecule has 1 N–H and O–H groups in total. The lowest BCUT2D eigenvalue weighted by Crippen LogP contribution is -2.28. The van der Waals surface area contributed by atoms with E-state index in [0.717, 1.165) is 11.3 Å². The Morgan fingerprint density at radius 3 is 2.56 bits per heavy atom. The number of aryl methyl sites for hydroxylation is 1. The molecule has 0 unspecified atom stereocenters. The number of benzene rings is 2. The number of hydrogen-bond donors (Lipinski definition) is 1. The van der Waals surface area contributed by atoms with Gasteiger partial charge in [-0.2, -0.15) is 0 Å². The van der Waals surface area contributed by atoms with Gasteiger partial charge in [-0.15, -0.1) is 0 Å². The number of amides is 1. The molecule has 3 rings (SSSR count). The molecule has 25 heavy (non-hydrogen) atoms. The molecule has 0 aliphatic rings. The first-order valence-corrected chi connectivity index (χ1v) is 7.98. The summed E-state index contributed by atoms with van der Waals surface area (Å²) in [6, 6.07) is 13.0. The van der Waals surface area contributed by atoms with Gasteiger partial charge in [-0.05, 0) is 42.8 Å². The molecule has 1 aromatic heterocycles. The Kier molecular flexibility index (Phi) is 4.52. The molecule has 1 amide bonds. The van der Waals surface area contributed by atoms with Crippen molar-refractivity contribution in [2.75, 3.05) is 24.3 Å². The molecule has 0 spiro atoms. The maximum absolute atomic E-state index is 12.5. The third-order valence-corrected chi connectivity index (χ3v) is 4.04. The maximum Gasteiger partial charge on any atom is 0.261 e. The predicted molar refractivity (Wildman–Crippen MR) is 100 cm³/mol. The normalized spacial score (nSPS) is 10.7. The molecule has 0 radical (unpaired) electrons. The second-order valence-electron chi connectivity index (χ2n) is 6.14. The fourth-order valence-electron chi connectivity index (χ4n) is 2.65. The Bertz CT molecular complexity index is 975. The fraction of sp³-hybridized carbons (Fsp3) is 0.211. The van der Waals surface area contributed by atoms with E-state index in [1.54, 1.807) is 6.07 Å². The Labute approximate surface area is 145 Å². The van der Waals surface area contributed by atoms with Crippen LogP contribution in [0.3, 0.4) is 0 Å². The highest BCUT2D eigenvalue weighted by Crippen LogP contribution is 2.15. The zero-order valence-electron chi connectivity index (χ0n) is 14.5. The molecule has 0 saturated carbocycles. The van der Waals surface area contributed by atoms with Crippen molar-refractivity contribution in [3.63, 3.8) is 0 Å². The molecule has 0 aliphatic heterocycles. The summed E-state index contributed by atoms with van der Waals surface area (Å²) in [7, 11) is 3.91. The number of para-hydroxylation sites is 1. The van der Waals surface area contributed by atoms with Gasteiger partial charge in [0.2, 0.25) is 5.91 Å². The van der Waals surface area contributed by atoms with Gasteiger partial charge in [0.15, 0.2) is 0 Å². The molecule has 0 bridgehead atoms. The monoisotopic (exact) mass is 336 g/mol. The van der Waals surface area contributed by atoms with Gasteiger partial charge in [-0.1, -0.05) is 12.1 Å². The number of nitrogens with zero attached hydrogens (tertiary/aromatic N) is 3. The summed E-state index contributed by atoms with van der Waals surface area (Å²) in [6.45, 7) is 1.83. The van der Waals surface area contributed by atoms with Gasteiger partial charge in [0.05, 0.1) is 17.2 Å². The molecule has 128 valence electrons. The Morgan fingerprint density at radius 1 is 1.16 bits per heavy atom. The summed E-state index contributed by atoms with van der Waals surface area (Å²) in [5.41, 5.74) is 3.12. The molecule has 0 fully saturated rings. The lowest BCUT2D eigenvalue weighted by molar-refractivity contribution is -0.116. The van der Waals surface area contributed by atoms with Gasteiger partial charge in [0, 0.05) is 25.5 Å². The number of carbonyl (C=O) groups excluding carboxylic acids is 1. The summed E-state index contributed by atoms with van der Waals surface area (Å²) in [5.74, 6) is -0.270. The largest absolute Gasteiger partial charge is 0.378 e. The Balaban J connectivity index is 1.78. The fourth-order valence-corrected chi connectivity index (χ4v) is 2.65. The van der Waals surface area contributed by atoms with E-state index in [0.29, 0.717) is 16.6 Å². The maximum atomic E-state index is 12.5. The minimum absolute atomic E-state index is 0.0782. The molecule has 3 aromatic rings. The third-order valence-electron chi connectivity index (χ3n) is 4.04. The van der Waals surface area contributed by atoms with Crippen molar-refractivity contribution in [3.05, 3.63) is 64.7 Å². The van der Waals surface area contributed by atoms with E-state index in [9.17, 15) is 9.59 Å². The lowest BCUT2D eigenvalue weighted by Gasteiger charge is -2.13. The van der Waals surface area contributed by atoms with Crippen LogP contribution in [0.1, 0.15) is 5.56 Å². The first-order valence-electron chi connectivity index (χ1n) is 7.98. The minimum Gasteiger partial charge on any atom is -0.378 e. The number of anilines is 2. The van der Waals surface area contributed by atoms with Gasteiger partial charge in [0.1, 0.15) is 6.54 Å². The molecular formula is C19H20N4O2. The number of fused-ring (bicyclic) bond motifs is 1. The minimum atomic E-state index is -0.270. The summed E-state index contributed by atoms with van der Waals surface area (Å²) in [4.78, 5) is 31.1. The van der Waals surface area contributed by atoms with E-state index < -0.39 is 0 Å². The van der Waals surface area contributed by atoms with E-state index in [1.165, 1.54) is 10.9 Å². The number of aromatic nitrogens is 2. The van der Waals surface area contributed by atoms with E-state index in [4.69, 9.17) is 0 Å². The SMILES string of the molecule is Cc1cccc2c(=O)n(CC(=O)Nc3ccc(N(C)C)cc3)cnc12. The van der Waals surface area contributed by atoms with Crippen LogP contribution in [0.4, 0.5) is 11.4 Å². The molecule has 0 aliphatic carbocycles. The predicted octanol–water partition coefficient (Wildman–Crippen LogP) is 2.41. The number of nitrogens with one attached hydrogen (secondary N) is 1. The van der Waals surface area contributed by atoms with Crippen LogP contribution >= 0.6 is 0 Å². The van der Waals surface area contributed by atoms with Crippen molar-refractivity contribution in [3.8, 4) is 0 Å². The summed E-state index contributed by atoms with van der Waals surface area (Å²) in [5, 5.41) is 3.32. The first kappa shape index (κ1) is 16.7. The van der Waals surface area contributed by atoms with E-state index >= 15 is 0 Å². The second kappa shape index (κ2) is 6.76. The van der Waals surface area contributed by atoms with E-state index in [2.05, 4.69) is 10.3 Å². The van der Waals surface area contributed by atoms with Crippen molar-refractivity contribution in [1.82, 2.24) is 9.55 Å². The van der Waals surface area contributed by atoms with Crippen LogP contribution in [-0.2, 0) is 11.3 Å². The van der Waals surface area contributed by atoms with Gasteiger partial charge >= 0.3 is 0 Å². The Hall–Kier alpha value is -3.15. The first-order chi connectivity index (χ1) is 12.0. The van der Waals surface area contributed by atoms with Crippen molar-refractivity contribution in [1.29, 1.82) is 0 Å². The third kappa shape index (κ3) is 3.52. The van der Waals surface area contributed by atoms with Crippen LogP contribution in [-0.4, -0.2) is 29.6 Å². The number of carbonyl (C=O) groups is 1. The highest BCUT2D eigenvalue weighted by atomic mass is 16.2. The molecule has 6 heteroatoms. The highest BCUT2D eigenvalue weighted by molar-refractivity contribution is 5.91. The number of hydrogen-bond acceptors (Lipinski definition) is 4. The van der Waals surface area contributed by atoms with Gasteiger partial charge in [-0.3, -0.25) is 14.2 Å². The average Bonchev–Trinajstić information content (AvgIpc) is 2.58. The molecule has 2 aromatic carbocycles. The number of rotatable bonds is 4. The molecule has 0 atom stereocenters. The van der Waals surface area contributed by atoms with Crippen LogP contribution in [0, 0.1) is 6.92 Å². The van der Waals surface area contributed by atoms with Crippen LogP contribution in [0.2, 0.25) is 0 Å². The Morgan fingerprint density at radius 2 is 1.88 bits per heavy atom. The quantitative estimate of drug-likeness (QED) is 0.794. The van der Waals surface area contributed by atoms with Crippen molar-refractivity contribution in [2.45, 2.75) is 13.5 Å². The molecule has 6 nitrogen and oxygen atoms in total. The summed E-state index contributed by atoms with van der Waals surface area (Å²) < 4.78 is 1.32. The van der Waals surface area contributed by atoms with Crippen LogP contribution in [0.25, 0.3) is 10.9 Å². The van der Waals surface area contributed by atoms with Gasteiger partial charge in [-0.25, -0.2) is 4.98 Å². The topological polar surface area (TPSA) is 67.2 Å². The van der Waals surface area contributed by atoms with Crippen LogP contribution < -0.4 is 15.8 Å². The average molecular weight is 336 g/mol. The van der Waals surface area contributed by atoms with Gasteiger partial charge in [0.25, 0.3) is 5.56 Å². The zero-order chi connectivity index (χ0) is 18.0. The highest BCUT2D eigenvalue weighted by Gasteiger charge is 2.09. The second-order valence-corrected chi connectivity index (χ2v) is 6.14. The molecule has 1 heterocycles. The van der Waals surface area contributed by atoms with E-state index in [-0.39, 0.29) is 18.0 Å². The molecule has 0 saturated heterocycles. The van der Waals surface area contributed by atoms with Gasteiger partial charge < -0.3 is 10.2 Å². The molecular weight excluding hydrogens is 316 g/mol. The standard InChI is InChI=1S/C19H20N4O2/c1-13-5-4-6-16-18(13)20-12-23(19(16)25)11-17(24)21-14-7-9-15(10-8-14)22(2)3/h4-10,12H,11H2,1-3H3,(H,21,24). The smallest absolute Gasteiger partial charge is 0.261 e. The van der Waals surface area contributed by atoms with Crippen LogP contribution in [0.15, 0.2) is 53.6 Å². The summed E-state index contributed by atoms with van der Waals surface area (Å²) in [6.07, 6.45) is 1.42.